The number of esters is 1. The van der Waals surface area contributed by atoms with E-state index in [2.05, 4.69) is 20.9 Å². The summed E-state index contributed by atoms with van der Waals surface area (Å²) >= 11 is 0. The molecule has 0 radical (unpaired) electrons. The first-order valence-corrected chi connectivity index (χ1v) is 3.84. The summed E-state index contributed by atoms with van der Waals surface area (Å²) in [6.45, 7) is 5.74. The summed E-state index contributed by atoms with van der Waals surface area (Å²) < 4.78 is 4.40. The molecule has 0 bridgehead atoms. The monoisotopic (exact) mass is 150 g/mol. The highest BCUT2D eigenvalue weighted by molar-refractivity contribution is 7.16. The Hall–Kier alpha value is -0.100. The topological polar surface area (TPSA) is 26.3 Å². The fourth-order valence-corrected chi connectivity index (χ4v) is 0.203. The third-order valence-electron chi connectivity index (χ3n) is 0.348. The summed E-state index contributed by atoms with van der Waals surface area (Å²) in [7, 11) is 2.58. The van der Waals surface area contributed by atoms with E-state index < -0.39 is 0 Å². The van der Waals surface area contributed by atoms with Crippen LogP contribution in [0.3, 0.4) is 0 Å². The quantitative estimate of drug-likeness (QED) is 0.417. The molecular formula is C6H15O2P. The minimum absolute atomic E-state index is 0.211. The highest BCUT2D eigenvalue weighted by Crippen LogP contribution is 1.69. The number of hydrogen-bond acceptors (Lipinski definition) is 2. The van der Waals surface area contributed by atoms with E-state index in [1.807, 2.05) is 0 Å². The third kappa shape index (κ3) is 32.7. The van der Waals surface area contributed by atoms with Crippen LogP contribution in [0.1, 0.15) is 20.8 Å². The normalized spacial score (nSPS) is 7.11. The maximum atomic E-state index is 9.82. The molecule has 0 aromatic carbocycles. The molecule has 1 unspecified atom stereocenters. The van der Waals surface area contributed by atoms with Crippen LogP contribution in [-0.4, -0.2) is 18.7 Å². The molecule has 0 saturated heterocycles. The molecule has 0 saturated carbocycles. The Morgan fingerprint density at radius 2 is 1.89 bits per heavy atom. The molecule has 0 aliphatic heterocycles. The Morgan fingerprint density at radius 3 is 1.89 bits per heavy atom. The van der Waals surface area contributed by atoms with Crippen molar-refractivity contribution in [3.63, 3.8) is 0 Å². The molecule has 0 rings (SSSR count). The van der Waals surface area contributed by atoms with Gasteiger partial charge in [-0.15, -0.1) is 9.24 Å². The predicted molar refractivity (Wildman–Crippen MR) is 42.6 cm³/mol. The Kier molecular flexibility index (Phi) is 14.0. The molecule has 0 aliphatic carbocycles. The molecule has 0 N–H and O–H groups in total. The summed E-state index contributed by atoms with van der Waals surface area (Å²) in [5.41, 5.74) is 0. The number of rotatable bonds is 1. The molecule has 1 atom stereocenters. The lowest BCUT2D eigenvalue weighted by atomic mass is 10.8. The summed E-state index contributed by atoms with van der Waals surface area (Å²) in [4.78, 5) is 9.82. The van der Waals surface area contributed by atoms with Crippen molar-refractivity contribution in [1.82, 2.24) is 0 Å². The standard InChI is InChI=1S/C4H8O2.C2H7P/c1-3-6-4(2)5;1-2-3/h3H2,1-2H3;2-3H2,1H3. The van der Waals surface area contributed by atoms with Crippen LogP contribution in [0, 0.1) is 0 Å². The second kappa shape index (κ2) is 10.8. The molecule has 0 aliphatic rings. The fraction of sp³-hybridized carbons (Fsp3) is 0.833. The second-order valence-electron chi connectivity index (χ2n) is 1.33. The Bertz CT molecular complexity index is 64.1. The largest absolute Gasteiger partial charge is 0.466 e. The van der Waals surface area contributed by atoms with Crippen molar-refractivity contribution in [3.05, 3.63) is 0 Å². The van der Waals surface area contributed by atoms with Crippen molar-refractivity contribution in [2.45, 2.75) is 20.8 Å². The Labute approximate surface area is 59.2 Å². The van der Waals surface area contributed by atoms with Gasteiger partial charge in [-0.1, -0.05) is 6.92 Å². The summed E-state index contributed by atoms with van der Waals surface area (Å²) in [5, 5.41) is 0. The van der Waals surface area contributed by atoms with Gasteiger partial charge < -0.3 is 4.74 Å². The van der Waals surface area contributed by atoms with E-state index in [0.29, 0.717) is 6.61 Å². The van der Waals surface area contributed by atoms with Gasteiger partial charge in [-0.3, -0.25) is 4.79 Å². The van der Waals surface area contributed by atoms with Crippen molar-refractivity contribution in [1.29, 1.82) is 0 Å². The number of carbonyl (C=O) groups is 1. The molecule has 0 heterocycles. The summed E-state index contributed by atoms with van der Waals surface area (Å²) in [6, 6.07) is 0. The molecule has 0 spiro atoms. The van der Waals surface area contributed by atoms with Crippen LogP contribution in [-0.2, 0) is 9.53 Å². The van der Waals surface area contributed by atoms with Crippen molar-refractivity contribution in [2.24, 2.45) is 0 Å². The van der Waals surface area contributed by atoms with Crippen LogP contribution in [0.2, 0.25) is 0 Å². The lowest BCUT2D eigenvalue weighted by molar-refractivity contribution is -0.140. The number of ether oxygens (including phenoxy) is 1. The van der Waals surface area contributed by atoms with Gasteiger partial charge in [0, 0.05) is 6.92 Å². The van der Waals surface area contributed by atoms with Gasteiger partial charge in [0.2, 0.25) is 0 Å². The van der Waals surface area contributed by atoms with Crippen LogP contribution in [0.15, 0.2) is 0 Å². The number of carbonyl (C=O) groups excluding carboxylic acids is 1. The average molecular weight is 150 g/mol. The van der Waals surface area contributed by atoms with E-state index in [9.17, 15) is 4.79 Å². The minimum Gasteiger partial charge on any atom is -0.466 e. The van der Waals surface area contributed by atoms with E-state index >= 15 is 0 Å². The minimum atomic E-state index is -0.211. The molecule has 0 fully saturated rings. The average Bonchev–Trinajstić information content (AvgIpc) is 1.67. The van der Waals surface area contributed by atoms with Crippen molar-refractivity contribution >= 4 is 15.2 Å². The van der Waals surface area contributed by atoms with Gasteiger partial charge in [-0.2, -0.15) is 0 Å². The van der Waals surface area contributed by atoms with E-state index in [0.717, 1.165) is 0 Å². The maximum absolute atomic E-state index is 9.82. The predicted octanol–water partition coefficient (Wildman–Crippen LogP) is 1.45. The van der Waals surface area contributed by atoms with E-state index in [4.69, 9.17) is 0 Å². The third-order valence-corrected chi connectivity index (χ3v) is 0.348. The molecule has 0 aromatic rings. The van der Waals surface area contributed by atoms with Gasteiger partial charge in [0.05, 0.1) is 6.61 Å². The van der Waals surface area contributed by atoms with Gasteiger partial charge in [0.1, 0.15) is 0 Å². The van der Waals surface area contributed by atoms with Gasteiger partial charge >= 0.3 is 5.97 Å². The van der Waals surface area contributed by atoms with Gasteiger partial charge in [-0.25, -0.2) is 0 Å². The first kappa shape index (κ1) is 11.7. The first-order valence-electron chi connectivity index (χ1n) is 3.02. The fourth-order valence-electron chi connectivity index (χ4n) is 0.203. The van der Waals surface area contributed by atoms with Crippen LogP contribution in [0.5, 0.6) is 0 Å². The number of hydrogen-bond donors (Lipinski definition) is 0. The van der Waals surface area contributed by atoms with Gasteiger partial charge in [-0.05, 0) is 13.1 Å². The maximum Gasteiger partial charge on any atom is 0.302 e. The SMILES string of the molecule is CCOC(C)=O.CCP. The molecule has 2 nitrogen and oxygen atoms in total. The molecule has 56 valence electrons. The van der Waals surface area contributed by atoms with Crippen molar-refractivity contribution in [2.75, 3.05) is 12.8 Å². The van der Waals surface area contributed by atoms with Crippen molar-refractivity contribution < 1.29 is 9.53 Å². The van der Waals surface area contributed by atoms with Crippen LogP contribution >= 0.6 is 9.24 Å². The lowest BCUT2D eigenvalue weighted by Gasteiger charge is -1.89. The van der Waals surface area contributed by atoms with E-state index in [1.54, 1.807) is 6.92 Å². The zero-order chi connectivity index (χ0) is 7.70. The molecule has 0 aromatic heterocycles. The van der Waals surface area contributed by atoms with Gasteiger partial charge in [0.25, 0.3) is 0 Å². The molecule has 3 heteroatoms. The van der Waals surface area contributed by atoms with Gasteiger partial charge in [0.15, 0.2) is 0 Å². The zero-order valence-electron chi connectivity index (χ0n) is 6.31. The molecular weight excluding hydrogens is 135 g/mol. The molecule has 9 heavy (non-hydrogen) atoms. The van der Waals surface area contributed by atoms with Crippen LogP contribution in [0.25, 0.3) is 0 Å². The smallest absolute Gasteiger partial charge is 0.302 e. The Morgan fingerprint density at radius 1 is 1.56 bits per heavy atom. The summed E-state index contributed by atoms with van der Waals surface area (Å²) in [5.74, 6) is -0.211. The Balaban J connectivity index is 0. The second-order valence-corrected chi connectivity index (χ2v) is 2.15. The highest BCUT2D eigenvalue weighted by atomic mass is 31.0. The van der Waals surface area contributed by atoms with E-state index in [-0.39, 0.29) is 5.97 Å². The van der Waals surface area contributed by atoms with Crippen LogP contribution < -0.4 is 0 Å². The summed E-state index contributed by atoms with van der Waals surface area (Å²) in [6.07, 6.45) is 1.17. The van der Waals surface area contributed by atoms with E-state index in [1.165, 1.54) is 13.1 Å². The highest BCUT2D eigenvalue weighted by Gasteiger charge is 1.81. The lowest BCUT2D eigenvalue weighted by Crippen LogP contribution is -1.95. The first-order chi connectivity index (χ1) is 4.18. The van der Waals surface area contributed by atoms with Crippen molar-refractivity contribution in [3.8, 4) is 0 Å². The molecule has 0 amide bonds. The zero-order valence-corrected chi connectivity index (χ0v) is 7.46. The van der Waals surface area contributed by atoms with Crippen LogP contribution in [0.4, 0.5) is 0 Å².